The number of benzene rings is 1. The summed E-state index contributed by atoms with van der Waals surface area (Å²) in [6.45, 7) is 8.21. The highest BCUT2D eigenvalue weighted by molar-refractivity contribution is 5.19. The van der Waals surface area contributed by atoms with Gasteiger partial charge >= 0.3 is 0 Å². The van der Waals surface area contributed by atoms with E-state index in [4.69, 9.17) is 0 Å². The monoisotopic (exact) mass is 217 g/mol. The van der Waals surface area contributed by atoms with Gasteiger partial charge in [-0.3, -0.25) is 0 Å². The van der Waals surface area contributed by atoms with Gasteiger partial charge in [-0.15, -0.1) is 6.58 Å². The van der Waals surface area contributed by atoms with Crippen LogP contribution < -0.4 is 5.32 Å². The Labute approximate surface area is 99.6 Å². The largest absolute Gasteiger partial charge is 0.304 e. The predicted molar refractivity (Wildman–Crippen MR) is 71.5 cm³/mol. The SMILES string of the molecule is C=CC(C)NC(CCCC)c1ccccc1. The van der Waals surface area contributed by atoms with E-state index in [1.165, 1.54) is 24.8 Å². The van der Waals surface area contributed by atoms with Gasteiger partial charge in [0.25, 0.3) is 0 Å². The number of unbranched alkanes of at least 4 members (excludes halogenated alkanes) is 1. The van der Waals surface area contributed by atoms with Gasteiger partial charge in [-0.1, -0.05) is 56.2 Å². The van der Waals surface area contributed by atoms with Crippen molar-refractivity contribution in [2.75, 3.05) is 0 Å². The third-order valence-electron chi connectivity index (χ3n) is 2.87. The highest BCUT2D eigenvalue weighted by Crippen LogP contribution is 2.19. The third kappa shape index (κ3) is 4.19. The van der Waals surface area contributed by atoms with Gasteiger partial charge in [0.05, 0.1) is 0 Å². The molecule has 0 bridgehead atoms. The maximum atomic E-state index is 3.83. The van der Waals surface area contributed by atoms with Gasteiger partial charge in [0.15, 0.2) is 0 Å². The molecule has 0 fully saturated rings. The minimum absolute atomic E-state index is 0.363. The standard InChI is InChI=1S/C15H23N/c1-4-6-12-15(16-13(3)5-2)14-10-8-7-9-11-14/h5,7-11,13,15-16H,2,4,6,12H2,1,3H3. The molecule has 16 heavy (non-hydrogen) atoms. The third-order valence-corrected chi connectivity index (χ3v) is 2.87. The Morgan fingerprint density at radius 3 is 2.56 bits per heavy atom. The summed E-state index contributed by atoms with van der Waals surface area (Å²) in [7, 11) is 0. The molecule has 1 N–H and O–H groups in total. The molecule has 1 nitrogen and oxygen atoms in total. The summed E-state index contributed by atoms with van der Waals surface area (Å²) in [6.07, 6.45) is 5.66. The molecule has 0 saturated heterocycles. The van der Waals surface area contributed by atoms with Gasteiger partial charge in [-0.25, -0.2) is 0 Å². The lowest BCUT2D eigenvalue weighted by Crippen LogP contribution is -2.28. The highest BCUT2D eigenvalue weighted by Gasteiger charge is 2.11. The zero-order valence-electron chi connectivity index (χ0n) is 10.4. The molecule has 2 atom stereocenters. The fraction of sp³-hybridized carbons (Fsp3) is 0.467. The fourth-order valence-electron chi connectivity index (χ4n) is 1.83. The normalized spacial score (nSPS) is 14.4. The Balaban J connectivity index is 2.67. The average Bonchev–Trinajstić information content (AvgIpc) is 2.35. The molecule has 1 heteroatoms. The first kappa shape index (κ1) is 13.0. The summed E-state index contributed by atoms with van der Waals surface area (Å²) < 4.78 is 0. The van der Waals surface area contributed by atoms with Crippen LogP contribution >= 0.6 is 0 Å². The van der Waals surface area contributed by atoms with Crippen molar-refractivity contribution in [1.29, 1.82) is 0 Å². The van der Waals surface area contributed by atoms with E-state index in [9.17, 15) is 0 Å². The average molecular weight is 217 g/mol. The van der Waals surface area contributed by atoms with Crippen LogP contribution in [0.15, 0.2) is 43.0 Å². The second kappa shape index (κ2) is 7.24. The second-order valence-electron chi connectivity index (χ2n) is 4.30. The maximum absolute atomic E-state index is 3.83. The van der Waals surface area contributed by atoms with E-state index < -0.39 is 0 Å². The smallest absolute Gasteiger partial charge is 0.0325 e. The summed E-state index contributed by atoms with van der Waals surface area (Å²) in [6, 6.07) is 11.5. The summed E-state index contributed by atoms with van der Waals surface area (Å²) in [5, 5.41) is 3.60. The van der Waals surface area contributed by atoms with Gasteiger partial charge < -0.3 is 5.32 Å². The molecule has 0 aliphatic rings. The van der Waals surface area contributed by atoms with Crippen molar-refractivity contribution >= 4 is 0 Å². The molecule has 2 unspecified atom stereocenters. The van der Waals surface area contributed by atoms with E-state index >= 15 is 0 Å². The van der Waals surface area contributed by atoms with E-state index in [1.54, 1.807) is 0 Å². The molecule has 0 saturated carbocycles. The second-order valence-corrected chi connectivity index (χ2v) is 4.30. The van der Waals surface area contributed by atoms with Crippen LogP contribution in [0.5, 0.6) is 0 Å². The summed E-state index contributed by atoms with van der Waals surface area (Å²) in [4.78, 5) is 0. The summed E-state index contributed by atoms with van der Waals surface area (Å²) in [5.41, 5.74) is 1.38. The highest BCUT2D eigenvalue weighted by atomic mass is 14.9. The number of hydrogen-bond acceptors (Lipinski definition) is 1. The Morgan fingerprint density at radius 1 is 1.31 bits per heavy atom. The molecule has 0 aliphatic carbocycles. The topological polar surface area (TPSA) is 12.0 Å². The molecule has 1 aromatic carbocycles. The Hall–Kier alpha value is -1.08. The van der Waals surface area contributed by atoms with Crippen LogP contribution in [0.3, 0.4) is 0 Å². The van der Waals surface area contributed by atoms with E-state index in [-0.39, 0.29) is 0 Å². The molecule has 0 aromatic heterocycles. The van der Waals surface area contributed by atoms with Crippen molar-refractivity contribution < 1.29 is 0 Å². The van der Waals surface area contributed by atoms with Gasteiger partial charge in [-0.05, 0) is 18.9 Å². The van der Waals surface area contributed by atoms with Gasteiger partial charge in [0.2, 0.25) is 0 Å². The van der Waals surface area contributed by atoms with Crippen molar-refractivity contribution in [2.45, 2.75) is 45.2 Å². The summed E-state index contributed by atoms with van der Waals surface area (Å²) in [5.74, 6) is 0. The van der Waals surface area contributed by atoms with Crippen LogP contribution in [0.1, 0.15) is 44.7 Å². The maximum Gasteiger partial charge on any atom is 0.0325 e. The summed E-state index contributed by atoms with van der Waals surface area (Å²) >= 11 is 0. The first-order chi connectivity index (χ1) is 7.77. The minimum Gasteiger partial charge on any atom is -0.304 e. The first-order valence-electron chi connectivity index (χ1n) is 6.21. The van der Waals surface area contributed by atoms with Crippen LogP contribution in [0.4, 0.5) is 0 Å². The quantitative estimate of drug-likeness (QED) is 0.678. The molecular weight excluding hydrogens is 194 g/mol. The number of hydrogen-bond donors (Lipinski definition) is 1. The number of nitrogens with one attached hydrogen (secondary N) is 1. The van der Waals surface area contributed by atoms with E-state index in [0.717, 1.165) is 0 Å². The van der Waals surface area contributed by atoms with Crippen LogP contribution in [0.25, 0.3) is 0 Å². The molecule has 0 amide bonds. The fourth-order valence-corrected chi connectivity index (χ4v) is 1.83. The van der Waals surface area contributed by atoms with Crippen LogP contribution in [0.2, 0.25) is 0 Å². The predicted octanol–water partition coefficient (Wildman–Crippen LogP) is 4.08. The Bertz CT molecular complexity index is 292. The van der Waals surface area contributed by atoms with Crippen LogP contribution in [-0.2, 0) is 0 Å². The van der Waals surface area contributed by atoms with Crippen molar-refractivity contribution in [3.63, 3.8) is 0 Å². The molecule has 0 aliphatic heterocycles. The van der Waals surface area contributed by atoms with Gasteiger partial charge in [-0.2, -0.15) is 0 Å². The number of rotatable bonds is 7. The van der Waals surface area contributed by atoms with Gasteiger partial charge in [0.1, 0.15) is 0 Å². The zero-order chi connectivity index (χ0) is 11.8. The minimum atomic E-state index is 0.363. The molecule has 1 aromatic rings. The molecule has 0 radical (unpaired) electrons. The molecule has 88 valence electrons. The molecular formula is C15H23N. The lowest BCUT2D eigenvalue weighted by molar-refractivity contribution is 0.459. The van der Waals surface area contributed by atoms with Crippen molar-refractivity contribution in [3.8, 4) is 0 Å². The van der Waals surface area contributed by atoms with E-state index in [2.05, 4.69) is 56.1 Å². The molecule has 0 heterocycles. The van der Waals surface area contributed by atoms with E-state index in [1.807, 2.05) is 6.08 Å². The van der Waals surface area contributed by atoms with Crippen molar-refractivity contribution in [3.05, 3.63) is 48.6 Å². The van der Waals surface area contributed by atoms with Crippen LogP contribution in [0, 0.1) is 0 Å². The van der Waals surface area contributed by atoms with E-state index in [0.29, 0.717) is 12.1 Å². The lowest BCUT2D eigenvalue weighted by atomic mass is 10.0. The zero-order valence-corrected chi connectivity index (χ0v) is 10.4. The molecule has 1 rings (SSSR count). The van der Waals surface area contributed by atoms with Gasteiger partial charge in [0, 0.05) is 12.1 Å². The van der Waals surface area contributed by atoms with Crippen molar-refractivity contribution in [1.82, 2.24) is 5.32 Å². The lowest BCUT2D eigenvalue weighted by Gasteiger charge is -2.22. The van der Waals surface area contributed by atoms with Crippen molar-refractivity contribution in [2.24, 2.45) is 0 Å². The first-order valence-corrected chi connectivity index (χ1v) is 6.21. The van der Waals surface area contributed by atoms with Crippen LogP contribution in [-0.4, -0.2) is 6.04 Å². The molecule has 0 spiro atoms. The Morgan fingerprint density at radius 2 is 2.00 bits per heavy atom. The Kier molecular flexibility index (Phi) is 5.87.